The second-order valence-corrected chi connectivity index (χ2v) is 5.03. The highest BCUT2D eigenvalue weighted by molar-refractivity contribution is 5.85. The van der Waals surface area contributed by atoms with E-state index in [1.807, 2.05) is 18.2 Å². The van der Waals surface area contributed by atoms with E-state index in [0.717, 1.165) is 26.1 Å². The Labute approximate surface area is 126 Å². The van der Waals surface area contributed by atoms with Crippen molar-refractivity contribution in [2.45, 2.75) is 18.9 Å². The minimum Gasteiger partial charge on any atom is -0.381 e. The molecule has 1 aliphatic heterocycles. The van der Waals surface area contributed by atoms with Gasteiger partial charge in [0.2, 0.25) is 5.91 Å². The maximum Gasteiger partial charge on any atom is 0.234 e. The van der Waals surface area contributed by atoms with Gasteiger partial charge < -0.3 is 15.4 Å². The largest absolute Gasteiger partial charge is 0.381 e. The third-order valence-electron chi connectivity index (χ3n) is 3.47. The fourth-order valence-electron chi connectivity index (χ4n) is 2.47. The third kappa shape index (κ3) is 5.12. The lowest BCUT2D eigenvalue weighted by Gasteiger charge is -2.22. The molecule has 1 aromatic rings. The van der Waals surface area contributed by atoms with E-state index in [9.17, 15) is 4.79 Å². The molecule has 4 nitrogen and oxygen atoms in total. The zero-order valence-electron chi connectivity index (χ0n) is 11.8. The van der Waals surface area contributed by atoms with Gasteiger partial charge in [0.1, 0.15) is 0 Å². The molecule has 112 valence electrons. The van der Waals surface area contributed by atoms with Crippen LogP contribution in [0.4, 0.5) is 0 Å². The molecule has 1 aliphatic rings. The highest BCUT2D eigenvalue weighted by Gasteiger charge is 2.22. The molecular formula is C15H23ClN2O2. The van der Waals surface area contributed by atoms with E-state index < -0.39 is 0 Å². The first-order valence-corrected chi connectivity index (χ1v) is 6.86. The van der Waals surface area contributed by atoms with Crippen LogP contribution >= 0.6 is 12.4 Å². The van der Waals surface area contributed by atoms with Gasteiger partial charge in [0.25, 0.3) is 0 Å². The molecule has 0 radical (unpaired) electrons. The highest BCUT2D eigenvalue weighted by atomic mass is 35.5. The van der Waals surface area contributed by atoms with Crippen molar-refractivity contribution < 1.29 is 9.53 Å². The summed E-state index contributed by atoms with van der Waals surface area (Å²) < 4.78 is 5.42. The van der Waals surface area contributed by atoms with Gasteiger partial charge in [-0.15, -0.1) is 12.4 Å². The molecule has 0 spiro atoms. The van der Waals surface area contributed by atoms with Crippen LogP contribution in [-0.2, 0) is 9.53 Å². The first-order valence-electron chi connectivity index (χ1n) is 6.86. The Balaban J connectivity index is 0.00000200. The summed E-state index contributed by atoms with van der Waals surface area (Å²) in [6.07, 6.45) is 2.03. The predicted octanol–water partition coefficient (Wildman–Crippen LogP) is 1.91. The SMILES string of the molecule is CNCC(=O)NC(CC1CCOC1)c1ccccc1.Cl. The number of carbonyl (C=O) groups is 1. The lowest BCUT2D eigenvalue weighted by atomic mass is 9.94. The molecule has 1 heterocycles. The average molecular weight is 299 g/mol. The minimum absolute atomic E-state index is 0. The number of rotatable bonds is 6. The molecule has 2 rings (SSSR count). The summed E-state index contributed by atoms with van der Waals surface area (Å²) in [4.78, 5) is 11.8. The van der Waals surface area contributed by atoms with E-state index >= 15 is 0 Å². The molecule has 1 aromatic carbocycles. The van der Waals surface area contributed by atoms with Gasteiger partial charge in [-0.1, -0.05) is 30.3 Å². The summed E-state index contributed by atoms with van der Waals surface area (Å²) in [5.74, 6) is 0.579. The van der Waals surface area contributed by atoms with Crippen molar-refractivity contribution in [3.8, 4) is 0 Å². The Morgan fingerprint density at radius 2 is 2.15 bits per heavy atom. The second-order valence-electron chi connectivity index (χ2n) is 5.03. The Kier molecular flexibility index (Phi) is 7.59. The van der Waals surface area contributed by atoms with Crippen molar-refractivity contribution in [1.82, 2.24) is 10.6 Å². The summed E-state index contributed by atoms with van der Waals surface area (Å²) in [7, 11) is 1.78. The van der Waals surface area contributed by atoms with E-state index in [4.69, 9.17) is 4.74 Å². The number of hydrogen-bond donors (Lipinski definition) is 2. The number of amides is 1. The molecule has 1 fully saturated rings. The Hall–Kier alpha value is -1.10. The monoisotopic (exact) mass is 298 g/mol. The van der Waals surface area contributed by atoms with Gasteiger partial charge in [0.05, 0.1) is 12.6 Å². The second kappa shape index (κ2) is 8.95. The van der Waals surface area contributed by atoms with Crippen LogP contribution in [-0.4, -0.2) is 32.7 Å². The van der Waals surface area contributed by atoms with Crippen LogP contribution in [0.25, 0.3) is 0 Å². The van der Waals surface area contributed by atoms with Crippen molar-refractivity contribution in [2.75, 3.05) is 26.8 Å². The first kappa shape index (κ1) is 17.0. The highest BCUT2D eigenvalue weighted by Crippen LogP contribution is 2.26. The summed E-state index contributed by atoms with van der Waals surface area (Å²) in [5, 5.41) is 5.99. The van der Waals surface area contributed by atoms with Crippen LogP contribution < -0.4 is 10.6 Å². The fraction of sp³-hybridized carbons (Fsp3) is 0.533. The maximum absolute atomic E-state index is 11.8. The maximum atomic E-state index is 11.8. The summed E-state index contributed by atoms with van der Waals surface area (Å²) in [5.41, 5.74) is 1.17. The zero-order chi connectivity index (χ0) is 13.5. The number of hydrogen-bond acceptors (Lipinski definition) is 3. The van der Waals surface area contributed by atoms with Gasteiger partial charge in [-0.3, -0.25) is 4.79 Å². The van der Waals surface area contributed by atoms with Gasteiger partial charge in [0.15, 0.2) is 0 Å². The molecule has 0 bridgehead atoms. The van der Waals surface area contributed by atoms with E-state index in [2.05, 4.69) is 22.8 Å². The van der Waals surface area contributed by atoms with E-state index in [1.54, 1.807) is 7.05 Å². The number of halogens is 1. The van der Waals surface area contributed by atoms with Crippen molar-refractivity contribution in [3.05, 3.63) is 35.9 Å². The standard InChI is InChI=1S/C15H22N2O2.ClH/c1-16-10-15(18)17-14(9-12-7-8-19-11-12)13-5-3-2-4-6-13;/h2-6,12,14,16H,7-11H2,1H3,(H,17,18);1H. The third-order valence-corrected chi connectivity index (χ3v) is 3.47. The van der Waals surface area contributed by atoms with E-state index in [-0.39, 0.29) is 24.4 Å². The van der Waals surface area contributed by atoms with Crippen molar-refractivity contribution in [1.29, 1.82) is 0 Å². The number of likely N-dealkylation sites (N-methyl/N-ethyl adjacent to an activating group) is 1. The molecule has 5 heteroatoms. The van der Waals surface area contributed by atoms with Crippen LogP contribution in [0.1, 0.15) is 24.4 Å². The normalized spacial score (nSPS) is 19.1. The topological polar surface area (TPSA) is 50.4 Å². The number of nitrogens with one attached hydrogen (secondary N) is 2. The smallest absolute Gasteiger partial charge is 0.234 e. The lowest BCUT2D eigenvalue weighted by molar-refractivity contribution is -0.121. The first-order chi connectivity index (χ1) is 9.29. The van der Waals surface area contributed by atoms with Gasteiger partial charge in [-0.05, 0) is 31.4 Å². The van der Waals surface area contributed by atoms with Gasteiger partial charge in [-0.25, -0.2) is 0 Å². The van der Waals surface area contributed by atoms with Gasteiger partial charge in [0, 0.05) is 13.2 Å². The molecule has 2 unspecified atom stereocenters. The Bertz CT molecular complexity index is 394. The fourth-order valence-corrected chi connectivity index (χ4v) is 2.47. The molecule has 2 N–H and O–H groups in total. The summed E-state index contributed by atoms with van der Waals surface area (Å²) >= 11 is 0. The van der Waals surface area contributed by atoms with Crippen LogP contribution in [0.3, 0.4) is 0 Å². The van der Waals surface area contributed by atoms with E-state index in [0.29, 0.717) is 12.5 Å². The van der Waals surface area contributed by atoms with Gasteiger partial charge in [-0.2, -0.15) is 0 Å². The number of ether oxygens (including phenoxy) is 1. The van der Waals surface area contributed by atoms with Crippen LogP contribution in [0.5, 0.6) is 0 Å². The predicted molar refractivity (Wildman–Crippen MR) is 82.0 cm³/mol. The molecule has 2 atom stereocenters. The molecule has 0 aliphatic carbocycles. The van der Waals surface area contributed by atoms with Crippen molar-refractivity contribution in [2.24, 2.45) is 5.92 Å². The minimum atomic E-state index is 0. The van der Waals surface area contributed by atoms with Crippen molar-refractivity contribution >= 4 is 18.3 Å². The summed E-state index contributed by atoms with van der Waals surface area (Å²) in [6.45, 7) is 2.01. The molecular weight excluding hydrogens is 276 g/mol. The number of benzene rings is 1. The quantitative estimate of drug-likeness (QED) is 0.843. The van der Waals surface area contributed by atoms with Crippen molar-refractivity contribution in [3.63, 3.8) is 0 Å². The van der Waals surface area contributed by atoms with Crippen LogP contribution in [0.15, 0.2) is 30.3 Å². The lowest BCUT2D eigenvalue weighted by Crippen LogP contribution is -2.36. The van der Waals surface area contributed by atoms with Crippen LogP contribution in [0.2, 0.25) is 0 Å². The van der Waals surface area contributed by atoms with E-state index in [1.165, 1.54) is 5.56 Å². The van der Waals surface area contributed by atoms with Gasteiger partial charge >= 0.3 is 0 Å². The zero-order valence-corrected chi connectivity index (χ0v) is 12.6. The number of carbonyl (C=O) groups excluding carboxylic acids is 1. The Morgan fingerprint density at radius 1 is 1.40 bits per heavy atom. The molecule has 0 saturated carbocycles. The molecule has 0 aromatic heterocycles. The Morgan fingerprint density at radius 3 is 2.75 bits per heavy atom. The van der Waals surface area contributed by atoms with Crippen LogP contribution in [0, 0.1) is 5.92 Å². The molecule has 1 amide bonds. The average Bonchev–Trinajstić information content (AvgIpc) is 2.92. The molecule has 1 saturated heterocycles. The summed E-state index contributed by atoms with van der Waals surface area (Å²) in [6, 6.07) is 10.2. The molecule has 20 heavy (non-hydrogen) atoms.